The number of hydrogen-bond acceptors (Lipinski definition) is 3. The van der Waals surface area contributed by atoms with Gasteiger partial charge in [-0.2, -0.15) is 0 Å². The normalized spacial score (nSPS) is 11.2. The Morgan fingerprint density at radius 2 is 1.80 bits per heavy atom. The molecule has 0 saturated heterocycles. The minimum Gasteiger partial charge on any atom is -0.287 e. The summed E-state index contributed by atoms with van der Waals surface area (Å²) < 4.78 is 1.29. The van der Waals surface area contributed by atoms with Gasteiger partial charge in [-0.05, 0) is 32.4 Å². The van der Waals surface area contributed by atoms with Crippen LogP contribution in [0.5, 0.6) is 0 Å². The lowest BCUT2D eigenvalue weighted by Crippen LogP contribution is -2.37. The fourth-order valence-electron chi connectivity index (χ4n) is 2.86. The minimum absolute atomic E-state index is 0.139. The number of allylic oxidation sites excluding steroid dienone is 2. The number of alkyl halides is 1. The number of benzene rings is 1. The maximum absolute atomic E-state index is 13.1. The van der Waals surface area contributed by atoms with E-state index in [0.29, 0.717) is 23.4 Å². The summed E-state index contributed by atoms with van der Waals surface area (Å²) >= 11 is 5.63. The molecule has 0 amide bonds. The number of halogens is 1. The summed E-state index contributed by atoms with van der Waals surface area (Å²) in [6.45, 7) is 5.75. The van der Waals surface area contributed by atoms with Gasteiger partial charge in [0.1, 0.15) is 5.69 Å². The smallest absolute Gasteiger partial charge is 0.287 e. The molecule has 0 radical (unpaired) electrons. The predicted octanol–water partition coefficient (Wildman–Crippen LogP) is 2.74. The van der Waals surface area contributed by atoms with Gasteiger partial charge in [-0.1, -0.05) is 36.3 Å². The number of rotatable bonds is 6. The second kappa shape index (κ2) is 8.12. The number of ketones is 1. The highest BCUT2D eigenvalue weighted by atomic mass is 35.5. The van der Waals surface area contributed by atoms with Crippen molar-refractivity contribution in [2.24, 2.45) is 0 Å². The molecular weight excluding hydrogens is 340 g/mol. The van der Waals surface area contributed by atoms with Gasteiger partial charge in [0.15, 0.2) is 0 Å². The number of aromatic nitrogens is 2. The van der Waals surface area contributed by atoms with Gasteiger partial charge >= 0.3 is 5.69 Å². The fourth-order valence-corrected chi connectivity index (χ4v) is 2.99. The van der Waals surface area contributed by atoms with Crippen LogP contribution < -0.4 is 11.2 Å². The number of aryl methyl sites for hydroxylation is 2. The van der Waals surface area contributed by atoms with Crippen LogP contribution in [0, 0.1) is 13.8 Å². The Morgan fingerprint density at radius 3 is 2.36 bits per heavy atom. The molecule has 2 rings (SSSR count). The molecule has 1 N–H and O–H groups in total. The molecule has 0 aliphatic carbocycles. The third kappa shape index (κ3) is 4.17. The first kappa shape index (κ1) is 18.9. The third-order valence-electron chi connectivity index (χ3n) is 3.89. The van der Waals surface area contributed by atoms with E-state index < -0.39 is 11.2 Å². The Hall–Kier alpha value is -2.40. The zero-order chi connectivity index (χ0) is 18.6. The molecule has 0 unspecified atom stereocenters. The lowest BCUT2D eigenvalue weighted by Gasteiger charge is -2.14. The summed E-state index contributed by atoms with van der Waals surface area (Å²) in [5, 5.41) is 0. The quantitative estimate of drug-likeness (QED) is 0.489. The summed E-state index contributed by atoms with van der Waals surface area (Å²) in [6.07, 6.45) is 3.74. The summed E-state index contributed by atoms with van der Waals surface area (Å²) in [6, 6.07) is 5.49. The molecule has 0 bridgehead atoms. The van der Waals surface area contributed by atoms with Crippen molar-refractivity contribution in [3.63, 3.8) is 0 Å². The maximum Gasteiger partial charge on any atom is 0.329 e. The fraction of sp³-hybridized carbons (Fsp3) is 0.316. The van der Waals surface area contributed by atoms with Gasteiger partial charge in [0.05, 0.1) is 0 Å². The van der Waals surface area contributed by atoms with Gasteiger partial charge in [0.2, 0.25) is 5.78 Å². The van der Waals surface area contributed by atoms with Crippen LogP contribution in [-0.4, -0.2) is 21.2 Å². The van der Waals surface area contributed by atoms with E-state index in [4.69, 9.17) is 11.6 Å². The molecule has 0 atom stereocenters. The SMILES string of the molecule is CCc1c(C(=O)c2cc(C)cc(C)c2)n(C/C=C/CCl)c(=O)[nH]c1=O. The third-order valence-corrected chi connectivity index (χ3v) is 4.07. The lowest BCUT2D eigenvalue weighted by molar-refractivity contribution is 0.102. The van der Waals surface area contributed by atoms with Crippen LogP contribution in [0.25, 0.3) is 0 Å². The van der Waals surface area contributed by atoms with E-state index in [1.807, 2.05) is 19.9 Å². The average molecular weight is 361 g/mol. The molecule has 0 aliphatic heterocycles. The molecule has 0 fully saturated rings. The molecule has 1 heterocycles. The number of carbonyl (C=O) groups excluding carboxylic acids is 1. The highest BCUT2D eigenvalue weighted by molar-refractivity contribution is 6.18. The Kier molecular flexibility index (Phi) is 6.15. The molecule has 1 aromatic carbocycles. The van der Waals surface area contributed by atoms with Crippen molar-refractivity contribution in [2.75, 3.05) is 5.88 Å². The monoisotopic (exact) mass is 360 g/mol. The van der Waals surface area contributed by atoms with Crippen molar-refractivity contribution >= 4 is 17.4 Å². The number of hydrogen-bond donors (Lipinski definition) is 1. The molecular formula is C19H21ClN2O3. The topological polar surface area (TPSA) is 71.9 Å². The first-order valence-electron chi connectivity index (χ1n) is 8.09. The minimum atomic E-state index is -0.603. The van der Waals surface area contributed by atoms with Crippen molar-refractivity contribution < 1.29 is 4.79 Å². The van der Waals surface area contributed by atoms with Crippen LogP contribution in [-0.2, 0) is 13.0 Å². The van der Waals surface area contributed by atoms with Crippen LogP contribution in [0.2, 0.25) is 0 Å². The second-order valence-corrected chi connectivity index (χ2v) is 6.19. The van der Waals surface area contributed by atoms with E-state index in [1.165, 1.54) is 4.57 Å². The van der Waals surface area contributed by atoms with E-state index in [9.17, 15) is 14.4 Å². The van der Waals surface area contributed by atoms with Gasteiger partial charge in [-0.15, -0.1) is 11.6 Å². The second-order valence-electron chi connectivity index (χ2n) is 5.88. The van der Waals surface area contributed by atoms with Crippen LogP contribution in [0.4, 0.5) is 0 Å². The number of nitrogens with one attached hydrogen (secondary N) is 1. The van der Waals surface area contributed by atoms with E-state index in [-0.39, 0.29) is 18.0 Å². The molecule has 0 aliphatic rings. The predicted molar refractivity (Wildman–Crippen MR) is 99.9 cm³/mol. The van der Waals surface area contributed by atoms with Crippen molar-refractivity contribution in [1.82, 2.24) is 9.55 Å². The number of H-pyrrole nitrogens is 1. The highest BCUT2D eigenvalue weighted by Gasteiger charge is 2.21. The first-order valence-corrected chi connectivity index (χ1v) is 8.62. The van der Waals surface area contributed by atoms with Crippen molar-refractivity contribution in [1.29, 1.82) is 0 Å². The molecule has 0 spiro atoms. The van der Waals surface area contributed by atoms with Crippen molar-refractivity contribution in [3.8, 4) is 0 Å². The lowest BCUT2D eigenvalue weighted by atomic mass is 9.99. The molecule has 5 nitrogen and oxygen atoms in total. The van der Waals surface area contributed by atoms with E-state index in [0.717, 1.165) is 11.1 Å². The standard InChI is InChI=1S/C19H21ClN2O3/c1-4-15-16(17(23)14-10-12(2)9-13(3)11-14)22(8-6-5-7-20)19(25)21-18(15)24/h5-6,9-11H,4,7-8H2,1-3H3,(H,21,24,25)/b6-5+. The van der Waals surface area contributed by atoms with Crippen LogP contribution in [0.3, 0.4) is 0 Å². The highest BCUT2D eigenvalue weighted by Crippen LogP contribution is 2.15. The van der Waals surface area contributed by atoms with Gasteiger partial charge in [0.25, 0.3) is 5.56 Å². The van der Waals surface area contributed by atoms with Crippen LogP contribution in [0.1, 0.15) is 39.7 Å². The zero-order valence-corrected chi connectivity index (χ0v) is 15.3. The van der Waals surface area contributed by atoms with Crippen molar-refractivity contribution in [3.05, 3.63) is 79.1 Å². The number of carbonyl (C=O) groups is 1. The summed E-state index contributed by atoms with van der Waals surface area (Å²) in [4.78, 5) is 39.9. The summed E-state index contributed by atoms with van der Waals surface area (Å²) in [7, 11) is 0. The summed E-state index contributed by atoms with van der Waals surface area (Å²) in [5.41, 5.74) is 1.69. The molecule has 2 aromatic rings. The van der Waals surface area contributed by atoms with Crippen LogP contribution >= 0.6 is 11.6 Å². The molecule has 6 heteroatoms. The Balaban J connectivity index is 2.72. The molecule has 25 heavy (non-hydrogen) atoms. The van der Waals surface area contributed by atoms with Gasteiger partial charge in [-0.3, -0.25) is 19.1 Å². The number of aromatic amines is 1. The number of nitrogens with zero attached hydrogens (tertiary/aromatic N) is 1. The van der Waals surface area contributed by atoms with E-state index >= 15 is 0 Å². The maximum atomic E-state index is 13.1. The molecule has 0 saturated carbocycles. The van der Waals surface area contributed by atoms with Gasteiger partial charge < -0.3 is 0 Å². The first-order chi connectivity index (χ1) is 11.9. The van der Waals surface area contributed by atoms with E-state index in [1.54, 1.807) is 31.2 Å². The molecule has 132 valence electrons. The summed E-state index contributed by atoms with van der Waals surface area (Å²) in [5.74, 6) is -0.0230. The van der Waals surface area contributed by atoms with Crippen LogP contribution in [0.15, 0.2) is 39.9 Å². The Bertz CT molecular complexity index is 918. The Labute approximate surface area is 151 Å². The largest absolute Gasteiger partial charge is 0.329 e. The van der Waals surface area contributed by atoms with E-state index in [2.05, 4.69) is 4.98 Å². The zero-order valence-electron chi connectivity index (χ0n) is 14.6. The molecule has 1 aromatic heterocycles. The average Bonchev–Trinajstić information content (AvgIpc) is 2.55. The van der Waals surface area contributed by atoms with Gasteiger partial charge in [-0.25, -0.2) is 4.79 Å². The Morgan fingerprint density at radius 1 is 1.16 bits per heavy atom. The van der Waals surface area contributed by atoms with Gasteiger partial charge in [0, 0.05) is 23.6 Å². The van der Waals surface area contributed by atoms with Crippen molar-refractivity contribution in [2.45, 2.75) is 33.7 Å².